The monoisotopic (exact) mass is 350 g/mol. The first-order valence-corrected chi connectivity index (χ1v) is 9.70. The molecule has 0 saturated carbocycles. The third kappa shape index (κ3) is 3.84. The lowest BCUT2D eigenvalue weighted by Gasteiger charge is -2.27. The lowest BCUT2D eigenvalue weighted by molar-refractivity contribution is 0.403. The Hall–Kier alpha value is -1.31. The Balaban J connectivity index is 2.65. The van der Waals surface area contributed by atoms with Crippen LogP contribution in [0.25, 0.3) is 11.0 Å². The molecule has 0 aliphatic heterocycles. The van der Waals surface area contributed by atoms with Crippen molar-refractivity contribution in [2.75, 3.05) is 11.7 Å². The normalized spacial score (nSPS) is 12.1. The van der Waals surface area contributed by atoms with Gasteiger partial charge >= 0.3 is 0 Å². The zero-order chi connectivity index (χ0) is 17.9. The lowest BCUT2D eigenvalue weighted by atomic mass is 10.1. The molecule has 0 unspecified atom stereocenters. The number of nitrogens with one attached hydrogen (secondary N) is 2. The molecule has 7 heteroatoms. The number of hydrogen-bond acceptors (Lipinski definition) is 6. The molecule has 0 atom stereocenters. The fourth-order valence-corrected chi connectivity index (χ4v) is 3.64. The van der Waals surface area contributed by atoms with Gasteiger partial charge in [0.25, 0.3) is 0 Å². The molecule has 134 valence electrons. The number of fused-ring (bicyclic) bond motifs is 1. The quantitative estimate of drug-likeness (QED) is 0.385. The van der Waals surface area contributed by atoms with Crippen LogP contribution in [-0.4, -0.2) is 26.3 Å². The average Bonchev–Trinajstić information content (AvgIpc) is 2.86. The number of hydrogen-bond donors (Lipinski definition) is 3. The minimum absolute atomic E-state index is 0.0477. The third-order valence-corrected chi connectivity index (χ3v) is 5.03. The molecule has 0 aromatic carbocycles. The van der Waals surface area contributed by atoms with E-state index in [9.17, 15) is 0 Å². The zero-order valence-corrected chi connectivity index (χ0v) is 16.5. The van der Waals surface area contributed by atoms with Crippen LogP contribution in [0, 0.1) is 13.8 Å². The summed E-state index contributed by atoms with van der Waals surface area (Å²) in [4.78, 5) is 9.45. The number of aromatic nitrogens is 3. The molecule has 0 saturated heterocycles. The third-order valence-electron chi connectivity index (χ3n) is 4.27. The second-order valence-corrected chi connectivity index (χ2v) is 7.53. The first-order chi connectivity index (χ1) is 11.3. The number of nitrogen functional groups attached to an aromatic ring is 1. The second-order valence-electron chi connectivity index (χ2n) is 6.92. The molecule has 2 aromatic rings. The van der Waals surface area contributed by atoms with Crippen molar-refractivity contribution in [2.45, 2.75) is 66.0 Å². The minimum Gasteiger partial charge on any atom is -0.326 e. The van der Waals surface area contributed by atoms with Gasteiger partial charge in [-0.1, -0.05) is 25.3 Å². The zero-order valence-electron chi connectivity index (χ0n) is 15.7. The molecule has 0 spiro atoms. The summed E-state index contributed by atoms with van der Waals surface area (Å²) in [6.45, 7) is 11.6. The van der Waals surface area contributed by atoms with Crippen molar-refractivity contribution in [3.63, 3.8) is 0 Å². The molecule has 0 bridgehead atoms. The largest absolute Gasteiger partial charge is 0.326 e. The molecular formula is C17H30N6S. The Kier molecular flexibility index (Phi) is 6.11. The smallest absolute Gasteiger partial charge is 0.168 e. The first kappa shape index (κ1) is 19.0. The molecule has 0 aliphatic carbocycles. The Labute approximate surface area is 149 Å². The van der Waals surface area contributed by atoms with Gasteiger partial charge in [-0.25, -0.2) is 15.8 Å². The fourth-order valence-electron chi connectivity index (χ4n) is 3.02. The van der Waals surface area contributed by atoms with E-state index < -0.39 is 0 Å². The summed E-state index contributed by atoms with van der Waals surface area (Å²) in [5.74, 6) is 7.45. The predicted molar refractivity (Wildman–Crippen MR) is 104 cm³/mol. The maximum atomic E-state index is 5.69. The number of unbranched alkanes of at least 4 members (excludes halogenated alkanes) is 1. The van der Waals surface area contributed by atoms with E-state index in [2.05, 4.69) is 53.6 Å². The number of imidazole rings is 1. The highest BCUT2D eigenvalue weighted by molar-refractivity contribution is 7.96. The van der Waals surface area contributed by atoms with E-state index in [4.69, 9.17) is 10.8 Å². The van der Waals surface area contributed by atoms with Gasteiger partial charge in [0.2, 0.25) is 0 Å². The van der Waals surface area contributed by atoms with Crippen LogP contribution < -0.4 is 16.0 Å². The van der Waals surface area contributed by atoms with Crippen LogP contribution in [0.2, 0.25) is 0 Å². The first-order valence-electron chi connectivity index (χ1n) is 8.47. The average molecular weight is 351 g/mol. The molecule has 24 heavy (non-hydrogen) atoms. The number of nitrogens with zero attached hydrogens (tertiary/aromatic N) is 3. The molecule has 0 fully saturated rings. The summed E-state index contributed by atoms with van der Waals surface area (Å²) in [5, 5.41) is 0. The fraction of sp³-hybridized carbons (Fsp3) is 0.647. The van der Waals surface area contributed by atoms with Crippen molar-refractivity contribution in [2.24, 2.45) is 5.84 Å². The standard InChI is InChI=1S/C17H30N6S/c1-7-8-9-13-20-14-15(11(2)12(3)19-16(14)21-18)23(13)10-17(4,5)22-24-6/h22H,7-10,18H2,1-6H3,(H,19,21). The molecule has 2 rings (SSSR count). The van der Waals surface area contributed by atoms with E-state index >= 15 is 0 Å². The second kappa shape index (κ2) is 7.72. The van der Waals surface area contributed by atoms with Gasteiger partial charge in [-0.15, -0.1) is 0 Å². The van der Waals surface area contributed by atoms with Crippen molar-refractivity contribution in [1.82, 2.24) is 19.3 Å². The molecule has 0 amide bonds. The van der Waals surface area contributed by atoms with Crippen LogP contribution in [0.3, 0.4) is 0 Å². The molecule has 4 N–H and O–H groups in total. The van der Waals surface area contributed by atoms with E-state index in [0.29, 0.717) is 5.82 Å². The van der Waals surface area contributed by atoms with Crippen LogP contribution in [0.4, 0.5) is 5.82 Å². The van der Waals surface area contributed by atoms with E-state index in [1.165, 1.54) is 5.56 Å². The Morgan fingerprint density at radius 2 is 1.96 bits per heavy atom. The van der Waals surface area contributed by atoms with Crippen LogP contribution in [0.15, 0.2) is 0 Å². The van der Waals surface area contributed by atoms with Crippen LogP contribution in [0.5, 0.6) is 0 Å². The van der Waals surface area contributed by atoms with Gasteiger partial charge in [0.1, 0.15) is 11.3 Å². The number of aryl methyl sites for hydroxylation is 3. The van der Waals surface area contributed by atoms with Crippen molar-refractivity contribution < 1.29 is 0 Å². The minimum atomic E-state index is -0.0477. The Bertz CT molecular complexity index is 707. The van der Waals surface area contributed by atoms with Gasteiger partial charge in [-0.3, -0.25) is 4.72 Å². The van der Waals surface area contributed by atoms with Crippen LogP contribution in [-0.2, 0) is 13.0 Å². The van der Waals surface area contributed by atoms with Crippen molar-refractivity contribution in [3.8, 4) is 0 Å². The van der Waals surface area contributed by atoms with Crippen LogP contribution >= 0.6 is 11.9 Å². The summed E-state index contributed by atoms with van der Waals surface area (Å²) >= 11 is 1.65. The number of nitrogens with two attached hydrogens (primary N) is 1. The summed E-state index contributed by atoms with van der Waals surface area (Å²) in [6, 6.07) is 0. The van der Waals surface area contributed by atoms with Crippen molar-refractivity contribution in [3.05, 3.63) is 17.1 Å². The highest BCUT2D eigenvalue weighted by Crippen LogP contribution is 2.29. The van der Waals surface area contributed by atoms with Crippen LogP contribution in [0.1, 0.15) is 50.7 Å². The van der Waals surface area contributed by atoms with Gasteiger partial charge in [-0.2, -0.15) is 0 Å². The van der Waals surface area contributed by atoms with Gasteiger partial charge in [0, 0.05) is 24.2 Å². The van der Waals surface area contributed by atoms with E-state index in [0.717, 1.165) is 48.4 Å². The Morgan fingerprint density at radius 3 is 2.54 bits per heavy atom. The van der Waals surface area contributed by atoms with Gasteiger partial charge in [-0.05, 0) is 45.9 Å². The number of pyridine rings is 1. The predicted octanol–water partition coefficient (Wildman–Crippen LogP) is 3.32. The molecule has 2 heterocycles. The molecule has 6 nitrogen and oxygen atoms in total. The van der Waals surface area contributed by atoms with Gasteiger partial charge in [0.05, 0.1) is 5.52 Å². The van der Waals surface area contributed by atoms with Crippen molar-refractivity contribution >= 4 is 28.8 Å². The van der Waals surface area contributed by atoms with E-state index in [1.807, 2.05) is 6.92 Å². The highest BCUT2D eigenvalue weighted by atomic mass is 32.2. The molecular weight excluding hydrogens is 320 g/mol. The molecule has 2 aromatic heterocycles. The summed E-state index contributed by atoms with van der Waals surface area (Å²) in [7, 11) is 0. The lowest BCUT2D eigenvalue weighted by Crippen LogP contribution is -2.39. The van der Waals surface area contributed by atoms with Gasteiger partial charge < -0.3 is 9.99 Å². The topological polar surface area (TPSA) is 80.8 Å². The van der Waals surface area contributed by atoms with E-state index in [-0.39, 0.29) is 5.54 Å². The highest BCUT2D eigenvalue weighted by Gasteiger charge is 2.24. The SMILES string of the molecule is CCCCc1nc2c(NN)nc(C)c(C)c2n1CC(C)(C)NSC. The number of anilines is 1. The maximum absolute atomic E-state index is 5.69. The number of hydrazine groups is 1. The van der Waals surface area contributed by atoms with Crippen molar-refractivity contribution in [1.29, 1.82) is 0 Å². The van der Waals surface area contributed by atoms with E-state index in [1.54, 1.807) is 11.9 Å². The number of rotatable bonds is 8. The molecule has 0 aliphatic rings. The Morgan fingerprint density at radius 1 is 1.25 bits per heavy atom. The maximum Gasteiger partial charge on any atom is 0.168 e. The molecule has 0 radical (unpaired) electrons. The summed E-state index contributed by atoms with van der Waals surface area (Å²) in [5.41, 5.74) is 6.82. The summed E-state index contributed by atoms with van der Waals surface area (Å²) < 4.78 is 5.83. The van der Waals surface area contributed by atoms with Gasteiger partial charge in [0.15, 0.2) is 5.82 Å². The summed E-state index contributed by atoms with van der Waals surface area (Å²) in [6.07, 6.45) is 5.29.